The Morgan fingerprint density at radius 1 is 1.00 bits per heavy atom. The summed E-state index contributed by atoms with van der Waals surface area (Å²) < 4.78 is 10.8. The number of fused-ring (bicyclic) bond motifs is 1. The first-order chi connectivity index (χ1) is 12.7. The molecule has 1 heterocycles. The van der Waals surface area contributed by atoms with Gasteiger partial charge in [0.05, 0.1) is 5.56 Å². The molecule has 5 heteroatoms. The Hall–Kier alpha value is -2.82. The minimum atomic E-state index is -0.208. The maximum Gasteiger partial charge on any atom is 0.255 e. The van der Waals surface area contributed by atoms with E-state index in [2.05, 4.69) is 17.4 Å². The van der Waals surface area contributed by atoms with E-state index in [0.717, 1.165) is 12.8 Å². The number of carbonyl (C=O) groups is 2. The van der Waals surface area contributed by atoms with Gasteiger partial charge in [0.15, 0.2) is 11.5 Å². The lowest BCUT2D eigenvalue weighted by atomic mass is 9.69. The third kappa shape index (κ3) is 3.05. The van der Waals surface area contributed by atoms with E-state index in [4.69, 9.17) is 9.47 Å². The smallest absolute Gasteiger partial charge is 0.255 e. The summed E-state index contributed by atoms with van der Waals surface area (Å²) in [4.78, 5) is 24.5. The van der Waals surface area contributed by atoms with Gasteiger partial charge >= 0.3 is 0 Å². The highest BCUT2D eigenvalue weighted by Crippen LogP contribution is 2.39. The number of ether oxygens (including phenoxy) is 2. The fourth-order valence-electron chi connectivity index (χ4n) is 3.82. The summed E-state index contributed by atoms with van der Waals surface area (Å²) in [6.45, 7) is 0.628. The number of para-hydroxylation sites is 1. The van der Waals surface area contributed by atoms with Crippen LogP contribution >= 0.6 is 0 Å². The van der Waals surface area contributed by atoms with Crippen LogP contribution in [0.2, 0.25) is 0 Å². The van der Waals surface area contributed by atoms with Crippen LogP contribution in [0.5, 0.6) is 11.5 Å². The van der Waals surface area contributed by atoms with Gasteiger partial charge in [-0.2, -0.15) is 0 Å². The van der Waals surface area contributed by atoms with Crippen LogP contribution in [0.15, 0.2) is 48.5 Å². The van der Waals surface area contributed by atoms with Gasteiger partial charge in [0.2, 0.25) is 6.79 Å². The zero-order valence-corrected chi connectivity index (χ0v) is 14.5. The van der Waals surface area contributed by atoms with Gasteiger partial charge in [0.1, 0.15) is 5.78 Å². The highest BCUT2D eigenvalue weighted by Gasteiger charge is 2.37. The number of benzene rings is 2. The molecule has 2 aliphatic rings. The normalized spacial score (nSPS) is 17.8. The van der Waals surface area contributed by atoms with Crippen LogP contribution in [0.1, 0.15) is 41.6 Å². The molecule has 2 aromatic rings. The second kappa shape index (κ2) is 6.83. The van der Waals surface area contributed by atoms with E-state index < -0.39 is 0 Å². The van der Waals surface area contributed by atoms with Crippen molar-refractivity contribution in [1.29, 1.82) is 0 Å². The first-order valence-corrected chi connectivity index (χ1v) is 8.92. The van der Waals surface area contributed by atoms with Crippen LogP contribution < -0.4 is 14.8 Å². The van der Waals surface area contributed by atoms with Gasteiger partial charge in [-0.1, -0.05) is 36.4 Å². The third-order valence-corrected chi connectivity index (χ3v) is 5.38. The van der Waals surface area contributed by atoms with Crippen LogP contribution in [0.25, 0.3) is 0 Å². The Morgan fingerprint density at radius 2 is 1.77 bits per heavy atom. The van der Waals surface area contributed by atoms with Crippen LogP contribution in [0.4, 0.5) is 0 Å². The number of Topliss-reactive ketones (excluding diaryl/α,β-unsaturated/α-hetero) is 1. The van der Waals surface area contributed by atoms with E-state index in [-0.39, 0.29) is 18.1 Å². The minimum Gasteiger partial charge on any atom is -0.454 e. The van der Waals surface area contributed by atoms with Gasteiger partial charge in [-0.25, -0.2) is 0 Å². The lowest BCUT2D eigenvalue weighted by Gasteiger charge is -2.37. The molecule has 1 amide bonds. The third-order valence-electron chi connectivity index (χ3n) is 5.38. The fraction of sp³-hybridized carbons (Fsp3) is 0.333. The molecule has 4 rings (SSSR count). The summed E-state index contributed by atoms with van der Waals surface area (Å²) in [7, 11) is 0. The largest absolute Gasteiger partial charge is 0.454 e. The molecule has 1 saturated carbocycles. The number of nitrogens with one attached hydrogen (secondary N) is 1. The lowest BCUT2D eigenvalue weighted by Crippen LogP contribution is -2.43. The zero-order valence-electron chi connectivity index (χ0n) is 14.5. The van der Waals surface area contributed by atoms with E-state index in [0.29, 0.717) is 42.2 Å². The van der Waals surface area contributed by atoms with Crippen LogP contribution in [-0.2, 0) is 10.2 Å². The maximum atomic E-state index is 12.8. The topological polar surface area (TPSA) is 64.6 Å². The Morgan fingerprint density at radius 3 is 2.54 bits per heavy atom. The number of carbonyl (C=O) groups excluding carboxylic acids is 2. The van der Waals surface area contributed by atoms with Gasteiger partial charge in [-0.05, 0) is 30.5 Å². The number of ketones is 1. The van der Waals surface area contributed by atoms with Crippen molar-refractivity contribution in [3.05, 3.63) is 59.7 Å². The number of hydrogen-bond acceptors (Lipinski definition) is 4. The first kappa shape index (κ1) is 16.6. The molecular weight excluding hydrogens is 330 g/mol. The van der Waals surface area contributed by atoms with Crippen molar-refractivity contribution < 1.29 is 19.1 Å². The zero-order chi connectivity index (χ0) is 18.0. The van der Waals surface area contributed by atoms with Crippen LogP contribution in [0, 0.1) is 0 Å². The summed E-state index contributed by atoms with van der Waals surface area (Å²) in [5.41, 5.74) is 1.45. The van der Waals surface area contributed by atoms with Crippen molar-refractivity contribution in [2.24, 2.45) is 0 Å². The average Bonchev–Trinajstić information content (AvgIpc) is 3.17. The summed E-state index contributed by atoms with van der Waals surface area (Å²) in [6, 6.07) is 15.5. The molecule has 0 radical (unpaired) electrons. The monoisotopic (exact) mass is 351 g/mol. The van der Waals surface area contributed by atoms with Crippen molar-refractivity contribution >= 4 is 11.7 Å². The summed E-state index contributed by atoms with van der Waals surface area (Å²) >= 11 is 0. The van der Waals surface area contributed by atoms with Crippen molar-refractivity contribution in [2.75, 3.05) is 13.3 Å². The molecule has 0 spiro atoms. The maximum absolute atomic E-state index is 12.8. The second-order valence-corrected chi connectivity index (χ2v) is 6.91. The molecule has 2 aromatic carbocycles. The average molecular weight is 351 g/mol. The lowest BCUT2D eigenvalue weighted by molar-refractivity contribution is -0.121. The van der Waals surface area contributed by atoms with Crippen molar-refractivity contribution in [3.63, 3.8) is 0 Å². The van der Waals surface area contributed by atoms with E-state index in [9.17, 15) is 9.59 Å². The molecule has 0 bridgehead atoms. The summed E-state index contributed by atoms with van der Waals surface area (Å²) in [6.07, 6.45) is 2.62. The van der Waals surface area contributed by atoms with E-state index >= 15 is 0 Å². The van der Waals surface area contributed by atoms with Crippen molar-refractivity contribution in [2.45, 2.75) is 31.1 Å². The van der Waals surface area contributed by atoms with E-state index in [1.807, 2.05) is 18.2 Å². The minimum absolute atomic E-state index is 0.135. The molecular formula is C21H21NO4. The van der Waals surface area contributed by atoms with Crippen LogP contribution in [-0.4, -0.2) is 25.0 Å². The van der Waals surface area contributed by atoms with Gasteiger partial charge in [-0.3, -0.25) is 9.59 Å². The quantitative estimate of drug-likeness (QED) is 0.918. The molecule has 0 saturated heterocycles. The van der Waals surface area contributed by atoms with Gasteiger partial charge < -0.3 is 14.8 Å². The SMILES string of the molecule is O=C1CCC(CNC(=O)c2cccc3c2OCO3)(c2ccccc2)CC1. The van der Waals surface area contributed by atoms with Crippen molar-refractivity contribution in [1.82, 2.24) is 5.32 Å². The molecule has 1 aliphatic carbocycles. The Labute approximate surface area is 152 Å². The summed E-state index contributed by atoms with van der Waals surface area (Å²) in [5.74, 6) is 1.21. The van der Waals surface area contributed by atoms with E-state index in [1.165, 1.54) is 5.56 Å². The molecule has 0 atom stereocenters. The van der Waals surface area contributed by atoms with E-state index in [1.54, 1.807) is 18.2 Å². The highest BCUT2D eigenvalue weighted by atomic mass is 16.7. The number of amides is 1. The predicted octanol–water partition coefficient (Wildman–Crippen LogP) is 3.23. The Bertz CT molecular complexity index is 821. The number of hydrogen-bond donors (Lipinski definition) is 1. The highest BCUT2D eigenvalue weighted by molar-refractivity contribution is 5.98. The molecule has 26 heavy (non-hydrogen) atoms. The summed E-state index contributed by atoms with van der Waals surface area (Å²) in [5, 5.41) is 3.07. The predicted molar refractivity (Wildman–Crippen MR) is 96.5 cm³/mol. The van der Waals surface area contributed by atoms with Crippen molar-refractivity contribution in [3.8, 4) is 11.5 Å². The molecule has 0 unspecified atom stereocenters. The molecule has 134 valence electrons. The van der Waals surface area contributed by atoms with Gasteiger partial charge in [-0.15, -0.1) is 0 Å². The molecule has 1 fully saturated rings. The number of rotatable bonds is 4. The van der Waals surface area contributed by atoms with Gasteiger partial charge in [0, 0.05) is 24.8 Å². The van der Waals surface area contributed by atoms with Crippen LogP contribution in [0.3, 0.4) is 0 Å². The standard InChI is InChI=1S/C21H21NO4/c23-16-9-11-21(12-10-16,15-5-2-1-3-6-15)13-22-20(24)17-7-4-8-18-19(17)26-14-25-18/h1-8H,9-14H2,(H,22,24). The molecule has 1 N–H and O–H groups in total. The Balaban J connectivity index is 1.55. The van der Waals surface area contributed by atoms with Gasteiger partial charge in [0.25, 0.3) is 5.91 Å². The molecule has 5 nitrogen and oxygen atoms in total. The Kier molecular flexibility index (Phi) is 4.37. The fourth-order valence-corrected chi connectivity index (χ4v) is 3.82. The molecule has 0 aromatic heterocycles. The molecule has 1 aliphatic heterocycles. The first-order valence-electron chi connectivity index (χ1n) is 8.92. The second-order valence-electron chi connectivity index (χ2n) is 6.91.